The lowest BCUT2D eigenvalue weighted by Gasteiger charge is -2.32. The van der Waals surface area contributed by atoms with Crippen molar-refractivity contribution in [3.05, 3.63) is 30.1 Å². The molecule has 2 rings (SSSR count). The Morgan fingerprint density at radius 3 is 2.95 bits per heavy atom. The average molecular weight is 276 g/mol. The molecule has 1 aromatic rings. The molecule has 1 atom stereocenters. The fraction of sp³-hybridized carbons (Fsp3) is 0.533. The lowest BCUT2D eigenvalue weighted by atomic mass is 9.93. The number of pyridine rings is 1. The van der Waals surface area contributed by atoms with Crippen LogP contribution < -0.4 is 0 Å². The van der Waals surface area contributed by atoms with E-state index in [2.05, 4.69) is 4.98 Å². The third-order valence-electron chi connectivity index (χ3n) is 3.70. The fourth-order valence-electron chi connectivity index (χ4n) is 2.62. The van der Waals surface area contributed by atoms with Crippen molar-refractivity contribution < 1.29 is 14.7 Å². The fourth-order valence-corrected chi connectivity index (χ4v) is 2.62. The van der Waals surface area contributed by atoms with Crippen molar-refractivity contribution in [3.63, 3.8) is 0 Å². The molecule has 0 bridgehead atoms. The normalized spacial score (nSPS) is 18.8. The Morgan fingerprint density at radius 2 is 2.25 bits per heavy atom. The summed E-state index contributed by atoms with van der Waals surface area (Å²) < 4.78 is 0. The molecule has 0 radical (unpaired) electrons. The van der Waals surface area contributed by atoms with Crippen LogP contribution in [0.1, 0.15) is 31.4 Å². The molecular formula is C15H20N2O3. The van der Waals surface area contributed by atoms with Gasteiger partial charge in [0.1, 0.15) is 0 Å². The number of nitrogens with zero attached hydrogens (tertiary/aromatic N) is 2. The van der Waals surface area contributed by atoms with E-state index in [1.165, 1.54) is 0 Å². The van der Waals surface area contributed by atoms with Crippen molar-refractivity contribution in [1.29, 1.82) is 0 Å². The van der Waals surface area contributed by atoms with Gasteiger partial charge in [-0.2, -0.15) is 0 Å². The standard InChI is InChI=1S/C15H20N2O3/c18-14(10-13-5-1-2-8-16-13)17-9-3-4-12(11-17)6-7-15(19)20/h1-2,5,8,12H,3-4,6-7,9-11H2,(H,19,20). The molecule has 0 aromatic carbocycles. The van der Waals surface area contributed by atoms with Gasteiger partial charge in [-0.3, -0.25) is 14.6 Å². The lowest BCUT2D eigenvalue weighted by molar-refractivity contribution is -0.137. The number of piperidine rings is 1. The first-order valence-electron chi connectivity index (χ1n) is 7.04. The van der Waals surface area contributed by atoms with Gasteiger partial charge in [-0.1, -0.05) is 6.07 Å². The van der Waals surface area contributed by atoms with E-state index in [-0.39, 0.29) is 12.3 Å². The molecule has 1 unspecified atom stereocenters. The predicted molar refractivity (Wildman–Crippen MR) is 74.1 cm³/mol. The number of hydrogen-bond acceptors (Lipinski definition) is 3. The summed E-state index contributed by atoms with van der Waals surface area (Å²) in [7, 11) is 0. The quantitative estimate of drug-likeness (QED) is 0.889. The van der Waals surface area contributed by atoms with E-state index in [1.54, 1.807) is 6.20 Å². The van der Waals surface area contributed by atoms with Crippen LogP contribution in [0.2, 0.25) is 0 Å². The molecule has 108 valence electrons. The Bertz CT molecular complexity index is 461. The molecule has 1 saturated heterocycles. The SMILES string of the molecule is O=C(O)CCC1CCCN(C(=O)Cc2ccccn2)C1. The number of likely N-dealkylation sites (tertiary alicyclic amines) is 1. The summed E-state index contributed by atoms with van der Waals surface area (Å²) in [6.07, 6.45) is 4.83. The van der Waals surface area contributed by atoms with Crippen molar-refractivity contribution in [2.45, 2.75) is 32.1 Å². The van der Waals surface area contributed by atoms with Gasteiger partial charge in [0.15, 0.2) is 0 Å². The number of carboxylic acid groups (broad SMARTS) is 1. The van der Waals surface area contributed by atoms with Crippen LogP contribution in [0.15, 0.2) is 24.4 Å². The van der Waals surface area contributed by atoms with Gasteiger partial charge in [0.2, 0.25) is 5.91 Å². The highest BCUT2D eigenvalue weighted by molar-refractivity contribution is 5.78. The Labute approximate surface area is 118 Å². The first kappa shape index (κ1) is 14.5. The Morgan fingerprint density at radius 1 is 1.40 bits per heavy atom. The third kappa shape index (κ3) is 4.33. The van der Waals surface area contributed by atoms with Crippen molar-refractivity contribution in [2.75, 3.05) is 13.1 Å². The van der Waals surface area contributed by atoms with E-state index < -0.39 is 5.97 Å². The Kier molecular flexibility index (Phi) is 5.09. The summed E-state index contributed by atoms with van der Waals surface area (Å²) >= 11 is 0. The summed E-state index contributed by atoms with van der Waals surface area (Å²) in [6, 6.07) is 5.56. The number of amides is 1. The lowest BCUT2D eigenvalue weighted by Crippen LogP contribution is -2.40. The minimum absolute atomic E-state index is 0.0868. The molecule has 1 fully saturated rings. The molecule has 1 amide bonds. The summed E-state index contributed by atoms with van der Waals surface area (Å²) in [5.74, 6) is -0.363. The van der Waals surface area contributed by atoms with Crippen LogP contribution in [-0.4, -0.2) is 40.0 Å². The second-order valence-electron chi connectivity index (χ2n) is 5.28. The molecular weight excluding hydrogens is 256 g/mol. The number of carbonyl (C=O) groups excluding carboxylic acids is 1. The van der Waals surface area contributed by atoms with Crippen molar-refractivity contribution in [2.24, 2.45) is 5.92 Å². The highest BCUT2D eigenvalue weighted by Gasteiger charge is 2.24. The Balaban J connectivity index is 1.85. The van der Waals surface area contributed by atoms with Crippen LogP contribution in [0, 0.1) is 5.92 Å². The molecule has 5 heteroatoms. The van der Waals surface area contributed by atoms with Gasteiger partial charge in [0.05, 0.1) is 6.42 Å². The van der Waals surface area contributed by atoms with E-state index in [0.717, 1.165) is 25.1 Å². The van der Waals surface area contributed by atoms with E-state index in [0.29, 0.717) is 25.3 Å². The van der Waals surface area contributed by atoms with E-state index in [9.17, 15) is 9.59 Å². The summed E-state index contributed by atoms with van der Waals surface area (Å²) in [4.78, 5) is 28.8. The van der Waals surface area contributed by atoms with Gasteiger partial charge < -0.3 is 10.0 Å². The minimum Gasteiger partial charge on any atom is -0.481 e. The number of carboxylic acids is 1. The zero-order chi connectivity index (χ0) is 14.4. The predicted octanol–water partition coefficient (Wildman–Crippen LogP) is 1.73. The molecule has 1 N–H and O–H groups in total. The van der Waals surface area contributed by atoms with Crippen LogP contribution in [0.5, 0.6) is 0 Å². The van der Waals surface area contributed by atoms with Crippen LogP contribution in [-0.2, 0) is 16.0 Å². The third-order valence-corrected chi connectivity index (χ3v) is 3.70. The topological polar surface area (TPSA) is 70.5 Å². The number of aliphatic carboxylic acids is 1. The molecule has 0 saturated carbocycles. The van der Waals surface area contributed by atoms with Gasteiger partial charge >= 0.3 is 5.97 Å². The van der Waals surface area contributed by atoms with Crippen molar-refractivity contribution in [1.82, 2.24) is 9.88 Å². The highest BCUT2D eigenvalue weighted by atomic mass is 16.4. The second-order valence-corrected chi connectivity index (χ2v) is 5.28. The van der Waals surface area contributed by atoms with Crippen LogP contribution >= 0.6 is 0 Å². The highest BCUT2D eigenvalue weighted by Crippen LogP contribution is 2.21. The zero-order valence-corrected chi connectivity index (χ0v) is 11.5. The van der Waals surface area contributed by atoms with Gasteiger partial charge in [0.25, 0.3) is 0 Å². The maximum Gasteiger partial charge on any atom is 0.303 e. The molecule has 0 spiro atoms. The smallest absolute Gasteiger partial charge is 0.303 e. The van der Waals surface area contributed by atoms with Crippen molar-refractivity contribution >= 4 is 11.9 Å². The van der Waals surface area contributed by atoms with E-state index in [1.807, 2.05) is 23.1 Å². The number of carbonyl (C=O) groups is 2. The van der Waals surface area contributed by atoms with E-state index >= 15 is 0 Å². The summed E-state index contributed by atoms with van der Waals surface area (Å²) in [6.45, 7) is 1.45. The average Bonchev–Trinajstić information content (AvgIpc) is 2.46. The van der Waals surface area contributed by atoms with Crippen LogP contribution in [0.4, 0.5) is 0 Å². The molecule has 1 aliphatic rings. The first-order valence-corrected chi connectivity index (χ1v) is 7.04. The number of rotatable bonds is 5. The van der Waals surface area contributed by atoms with E-state index in [4.69, 9.17) is 5.11 Å². The zero-order valence-electron chi connectivity index (χ0n) is 11.5. The van der Waals surface area contributed by atoms with Gasteiger partial charge in [-0.25, -0.2) is 0 Å². The summed E-state index contributed by atoms with van der Waals surface area (Å²) in [5, 5.41) is 8.73. The maximum absolute atomic E-state index is 12.2. The van der Waals surface area contributed by atoms with Gasteiger partial charge in [0, 0.05) is 31.4 Å². The second kappa shape index (κ2) is 7.03. The molecule has 2 heterocycles. The number of hydrogen-bond donors (Lipinski definition) is 1. The maximum atomic E-state index is 12.2. The molecule has 1 aromatic heterocycles. The first-order chi connectivity index (χ1) is 9.65. The van der Waals surface area contributed by atoms with Crippen molar-refractivity contribution in [3.8, 4) is 0 Å². The largest absolute Gasteiger partial charge is 0.481 e. The Hall–Kier alpha value is -1.91. The van der Waals surface area contributed by atoms with Gasteiger partial charge in [-0.05, 0) is 37.3 Å². The molecule has 1 aliphatic heterocycles. The molecule has 5 nitrogen and oxygen atoms in total. The summed E-state index contributed by atoms with van der Waals surface area (Å²) in [5.41, 5.74) is 0.783. The van der Waals surface area contributed by atoms with Crippen LogP contribution in [0.25, 0.3) is 0 Å². The van der Waals surface area contributed by atoms with Crippen LogP contribution in [0.3, 0.4) is 0 Å². The molecule has 20 heavy (non-hydrogen) atoms. The minimum atomic E-state index is -0.762. The monoisotopic (exact) mass is 276 g/mol. The molecule has 0 aliphatic carbocycles. The van der Waals surface area contributed by atoms with Gasteiger partial charge in [-0.15, -0.1) is 0 Å². The number of aromatic nitrogens is 1.